The molecule has 1 saturated heterocycles. The Morgan fingerprint density at radius 3 is 2.78 bits per heavy atom. The van der Waals surface area contributed by atoms with Gasteiger partial charge in [0.25, 0.3) is 0 Å². The zero-order valence-electron chi connectivity index (χ0n) is 11.1. The summed E-state index contributed by atoms with van der Waals surface area (Å²) in [6.07, 6.45) is 4.34. The van der Waals surface area contributed by atoms with E-state index in [4.69, 9.17) is 4.74 Å². The standard InChI is InChI=1S/C15H23NO2/c1-18-11-12-6-8-13(9-7-12)15(17)14-5-3-2-4-10-16-14/h6-9,14-17H,2-5,10-11H2,1H3. The first kappa shape index (κ1) is 13.5. The largest absolute Gasteiger partial charge is 0.387 e. The van der Waals surface area contributed by atoms with Gasteiger partial charge in [-0.05, 0) is 30.5 Å². The number of hydrogen-bond donors (Lipinski definition) is 2. The molecule has 0 saturated carbocycles. The molecule has 2 atom stereocenters. The molecule has 18 heavy (non-hydrogen) atoms. The second-order valence-electron chi connectivity index (χ2n) is 5.03. The Labute approximate surface area is 109 Å². The molecule has 1 aromatic rings. The van der Waals surface area contributed by atoms with Gasteiger partial charge in [-0.15, -0.1) is 0 Å². The van der Waals surface area contributed by atoms with Crippen molar-refractivity contribution in [1.29, 1.82) is 0 Å². The van der Waals surface area contributed by atoms with E-state index in [0.29, 0.717) is 6.61 Å². The summed E-state index contributed by atoms with van der Waals surface area (Å²) in [5.74, 6) is 0. The minimum Gasteiger partial charge on any atom is -0.387 e. The SMILES string of the molecule is COCc1ccc(C(O)C2CCCCCN2)cc1. The van der Waals surface area contributed by atoms with E-state index in [1.54, 1.807) is 7.11 Å². The first-order chi connectivity index (χ1) is 8.81. The molecular weight excluding hydrogens is 226 g/mol. The molecule has 0 aliphatic carbocycles. The molecule has 100 valence electrons. The summed E-state index contributed by atoms with van der Waals surface area (Å²) in [6, 6.07) is 8.26. The molecule has 1 aromatic carbocycles. The van der Waals surface area contributed by atoms with Gasteiger partial charge in [0.2, 0.25) is 0 Å². The molecule has 1 aliphatic rings. The van der Waals surface area contributed by atoms with Crippen molar-refractivity contribution in [3.05, 3.63) is 35.4 Å². The summed E-state index contributed by atoms with van der Waals surface area (Å²) < 4.78 is 5.09. The predicted octanol–water partition coefficient (Wildman–Crippen LogP) is 2.40. The summed E-state index contributed by atoms with van der Waals surface area (Å²) >= 11 is 0. The highest BCUT2D eigenvalue weighted by atomic mass is 16.5. The van der Waals surface area contributed by atoms with Crippen molar-refractivity contribution in [2.75, 3.05) is 13.7 Å². The van der Waals surface area contributed by atoms with Gasteiger partial charge in [0.1, 0.15) is 0 Å². The van der Waals surface area contributed by atoms with Gasteiger partial charge in [-0.1, -0.05) is 37.1 Å². The van der Waals surface area contributed by atoms with Crippen LogP contribution in [0.3, 0.4) is 0 Å². The van der Waals surface area contributed by atoms with Crippen LogP contribution in [0.25, 0.3) is 0 Å². The topological polar surface area (TPSA) is 41.5 Å². The van der Waals surface area contributed by atoms with E-state index in [9.17, 15) is 5.11 Å². The fourth-order valence-electron chi connectivity index (χ4n) is 2.54. The summed E-state index contributed by atoms with van der Waals surface area (Å²) in [5.41, 5.74) is 2.14. The normalized spacial score (nSPS) is 22.4. The number of aliphatic hydroxyl groups is 1. The Bertz CT molecular complexity index is 342. The molecule has 1 heterocycles. The third-order valence-electron chi connectivity index (χ3n) is 3.61. The molecular formula is C15H23NO2. The quantitative estimate of drug-likeness (QED) is 0.861. The lowest BCUT2D eigenvalue weighted by atomic mass is 9.98. The molecule has 3 heteroatoms. The first-order valence-electron chi connectivity index (χ1n) is 6.80. The van der Waals surface area contributed by atoms with Crippen LogP contribution >= 0.6 is 0 Å². The van der Waals surface area contributed by atoms with Crippen LogP contribution in [0, 0.1) is 0 Å². The predicted molar refractivity (Wildman–Crippen MR) is 72.4 cm³/mol. The lowest BCUT2D eigenvalue weighted by Crippen LogP contribution is -2.34. The second-order valence-corrected chi connectivity index (χ2v) is 5.03. The highest BCUT2D eigenvalue weighted by Crippen LogP contribution is 2.23. The van der Waals surface area contributed by atoms with E-state index in [0.717, 1.165) is 24.1 Å². The van der Waals surface area contributed by atoms with Crippen LogP contribution in [0.1, 0.15) is 42.9 Å². The first-order valence-corrected chi connectivity index (χ1v) is 6.80. The van der Waals surface area contributed by atoms with Crippen LogP contribution in [0.5, 0.6) is 0 Å². The molecule has 0 radical (unpaired) electrons. The van der Waals surface area contributed by atoms with Gasteiger partial charge < -0.3 is 15.2 Å². The summed E-state index contributed by atoms with van der Waals surface area (Å²) in [5, 5.41) is 13.8. The number of nitrogens with one attached hydrogen (secondary N) is 1. The van der Waals surface area contributed by atoms with Gasteiger partial charge in [0, 0.05) is 13.2 Å². The maximum atomic E-state index is 10.4. The van der Waals surface area contributed by atoms with Crippen molar-refractivity contribution in [2.45, 2.75) is 44.4 Å². The maximum absolute atomic E-state index is 10.4. The van der Waals surface area contributed by atoms with Crippen LogP contribution in [-0.4, -0.2) is 24.8 Å². The van der Waals surface area contributed by atoms with E-state index in [2.05, 4.69) is 5.32 Å². The van der Waals surface area contributed by atoms with Gasteiger partial charge in [-0.2, -0.15) is 0 Å². The molecule has 1 fully saturated rings. The van der Waals surface area contributed by atoms with Crippen LogP contribution in [0.15, 0.2) is 24.3 Å². The Morgan fingerprint density at radius 1 is 1.28 bits per heavy atom. The number of benzene rings is 1. The molecule has 0 spiro atoms. The Balaban J connectivity index is 2.00. The van der Waals surface area contributed by atoms with Crippen LogP contribution in [-0.2, 0) is 11.3 Å². The molecule has 2 rings (SSSR count). The zero-order chi connectivity index (χ0) is 12.8. The van der Waals surface area contributed by atoms with E-state index >= 15 is 0 Å². The van der Waals surface area contributed by atoms with Crippen molar-refractivity contribution in [1.82, 2.24) is 5.32 Å². The van der Waals surface area contributed by atoms with Crippen LogP contribution in [0.4, 0.5) is 0 Å². The van der Waals surface area contributed by atoms with Crippen molar-refractivity contribution in [3.8, 4) is 0 Å². The number of ether oxygens (including phenoxy) is 1. The van der Waals surface area contributed by atoms with Gasteiger partial charge in [-0.25, -0.2) is 0 Å². The summed E-state index contributed by atoms with van der Waals surface area (Å²) in [7, 11) is 1.69. The van der Waals surface area contributed by atoms with E-state index in [1.165, 1.54) is 19.3 Å². The molecule has 2 N–H and O–H groups in total. The number of rotatable bonds is 4. The van der Waals surface area contributed by atoms with Crippen LogP contribution < -0.4 is 5.32 Å². The fourth-order valence-corrected chi connectivity index (χ4v) is 2.54. The van der Waals surface area contributed by atoms with Crippen molar-refractivity contribution in [3.63, 3.8) is 0 Å². The second kappa shape index (κ2) is 6.88. The van der Waals surface area contributed by atoms with E-state index in [-0.39, 0.29) is 6.04 Å². The van der Waals surface area contributed by atoms with Crippen LogP contribution in [0.2, 0.25) is 0 Å². The number of methoxy groups -OCH3 is 1. The van der Waals surface area contributed by atoms with E-state index < -0.39 is 6.10 Å². The molecule has 2 unspecified atom stereocenters. The Kier molecular flexibility index (Phi) is 5.17. The lowest BCUT2D eigenvalue weighted by Gasteiger charge is -2.22. The van der Waals surface area contributed by atoms with Crippen molar-refractivity contribution < 1.29 is 9.84 Å². The third kappa shape index (κ3) is 3.55. The maximum Gasteiger partial charge on any atom is 0.0942 e. The Morgan fingerprint density at radius 2 is 2.06 bits per heavy atom. The number of hydrogen-bond acceptors (Lipinski definition) is 3. The van der Waals surface area contributed by atoms with Crippen molar-refractivity contribution in [2.24, 2.45) is 0 Å². The number of aliphatic hydroxyl groups excluding tert-OH is 1. The van der Waals surface area contributed by atoms with Gasteiger partial charge >= 0.3 is 0 Å². The summed E-state index contributed by atoms with van der Waals surface area (Å²) in [6.45, 7) is 1.64. The minimum absolute atomic E-state index is 0.195. The van der Waals surface area contributed by atoms with Crippen molar-refractivity contribution >= 4 is 0 Å². The van der Waals surface area contributed by atoms with Gasteiger partial charge in [0.15, 0.2) is 0 Å². The lowest BCUT2D eigenvalue weighted by molar-refractivity contribution is 0.126. The average Bonchev–Trinajstić information content (AvgIpc) is 2.68. The average molecular weight is 249 g/mol. The van der Waals surface area contributed by atoms with E-state index in [1.807, 2.05) is 24.3 Å². The monoisotopic (exact) mass is 249 g/mol. The zero-order valence-corrected chi connectivity index (χ0v) is 11.1. The smallest absolute Gasteiger partial charge is 0.0942 e. The minimum atomic E-state index is -0.403. The fraction of sp³-hybridized carbons (Fsp3) is 0.600. The van der Waals surface area contributed by atoms with Gasteiger partial charge in [-0.3, -0.25) is 0 Å². The van der Waals surface area contributed by atoms with Gasteiger partial charge in [0.05, 0.1) is 12.7 Å². The molecule has 3 nitrogen and oxygen atoms in total. The summed E-state index contributed by atoms with van der Waals surface area (Å²) in [4.78, 5) is 0. The molecule has 0 aromatic heterocycles. The molecule has 1 aliphatic heterocycles. The Hall–Kier alpha value is -0.900. The highest BCUT2D eigenvalue weighted by molar-refractivity contribution is 5.24. The molecule has 0 bridgehead atoms. The molecule has 0 amide bonds. The highest BCUT2D eigenvalue weighted by Gasteiger charge is 2.21. The third-order valence-corrected chi connectivity index (χ3v) is 3.61.